The number of amides is 2. The standard InChI is InChI=1S/C17H24F2N2O2.C11H19F2NO2/c1-17(2,3)23-16(22)21-10-9-20(14(12-21)15(18)19)11-13-7-5-4-6-8-13;1-11(2,3)16-10(15)14-6-4-5-8(7-14)9(12)13/h4-8,14-15H,9-12H2,1-3H3;8-9H,4-7H2,1-3H3. The van der Waals surface area contributed by atoms with Gasteiger partial charge in [0.15, 0.2) is 0 Å². The third kappa shape index (κ3) is 11.6. The average Bonchev–Trinajstić information content (AvgIpc) is 2.83. The number of likely N-dealkylation sites (tertiary alicyclic amines) is 1. The smallest absolute Gasteiger partial charge is 0.410 e. The van der Waals surface area contributed by atoms with Gasteiger partial charge in [0.2, 0.25) is 6.43 Å². The van der Waals surface area contributed by atoms with Gasteiger partial charge < -0.3 is 19.3 Å². The van der Waals surface area contributed by atoms with E-state index in [9.17, 15) is 27.2 Å². The first kappa shape index (κ1) is 32.7. The van der Waals surface area contributed by atoms with E-state index in [1.807, 2.05) is 30.3 Å². The molecular formula is C28H43F4N3O4. The van der Waals surface area contributed by atoms with Crippen LogP contribution in [0.25, 0.3) is 0 Å². The van der Waals surface area contributed by atoms with Crippen LogP contribution < -0.4 is 0 Å². The molecule has 39 heavy (non-hydrogen) atoms. The van der Waals surface area contributed by atoms with Crippen LogP contribution in [0.3, 0.4) is 0 Å². The number of piperidine rings is 1. The number of rotatable bonds is 4. The van der Waals surface area contributed by atoms with Crippen molar-refractivity contribution < 1.29 is 36.6 Å². The summed E-state index contributed by atoms with van der Waals surface area (Å²) in [5.41, 5.74) is -0.211. The molecule has 7 nitrogen and oxygen atoms in total. The second kappa shape index (κ2) is 14.2. The summed E-state index contributed by atoms with van der Waals surface area (Å²) in [6, 6.07) is 8.55. The highest BCUT2D eigenvalue weighted by Gasteiger charge is 2.37. The molecule has 2 aliphatic rings. The molecule has 2 amide bonds. The predicted octanol–water partition coefficient (Wildman–Crippen LogP) is 6.27. The Labute approximate surface area is 229 Å². The number of nitrogens with zero attached hydrogens (tertiary/aromatic N) is 3. The van der Waals surface area contributed by atoms with Gasteiger partial charge in [-0.15, -0.1) is 0 Å². The second-order valence-corrected chi connectivity index (χ2v) is 11.9. The monoisotopic (exact) mass is 561 g/mol. The van der Waals surface area contributed by atoms with Crippen LogP contribution in [0.1, 0.15) is 59.9 Å². The zero-order valence-corrected chi connectivity index (χ0v) is 23.8. The molecule has 0 aromatic heterocycles. The number of carbonyl (C=O) groups excluding carboxylic acids is 2. The molecule has 0 N–H and O–H groups in total. The summed E-state index contributed by atoms with van der Waals surface area (Å²) >= 11 is 0. The Morgan fingerprint density at radius 2 is 1.36 bits per heavy atom. The highest BCUT2D eigenvalue weighted by atomic mass is 19.3. The van der Waals surface area contributed by atoms with Crippen molar-refractivity contribution in [1.82, 2.24) is 14.7 Å². The fraction of sp³-hybridized carbons (Fsp3) is 0.714. The zero-order valence-electron chi connectivity index (χ0n) is 23.8. The summed E-state index contributed by atoms with van der Waals surface area (Å²) in [4.78, 5) is 28.2. The number of piperazine rings is 1. The molecule has 222 valence electrons. The van der Waals surface area contributed by atoms with E-state index in [1.165, 1.54) is 9.80 Å². The average molecular weight is 562 g/mol. The van der Waals surface area contributed by atoms with Crippen molar-refractivity contribution in [2.45, 2.75) is 91.0 Å². The number of hydrogen-bond acceptors (Lipinski definition) is 5. The van der Waals surface area contributed by atoms with Gasteiger partial charge in [-0.3, -0.25) is 4.90 Å². The van der Waals surface area contributed by atoms with Gasteiger partial charge in [0, 0.05) is 45.2 Å². The Hall–Kier alpha value is -2.56. The van der Waals surface area contributed by atoms with Crippen molar-refractivity contribution in [2.24, 2.45) is 5.92 Å². The van der Waals surface area contributed by atoms with Crippen LogP contribution in [0, 0.1) is 5.92 Å². The fourth-order valence-corrected chi connectivity index (χ4v) is 4.30. The van der Waals surface area contributed by atoms with Crippen LogP contribution in [0.5, 0.6) is 0 Å². The van der Waals surface area contributed by atoms with Gasteiger partial charge in [-0.05, 0) is 59.9 Å². The maximum Gasteiger partial charge on any atom is 0.410 e. The number of hydrogen-bond donors (Lipinski definition) is 0. The Kier molecular flexibility index (Phi) is 11.9. The minimum absolute atomic E-state index is 0.0145. The molecule has 3 rings (SSSR count). The number of benzene rings is 1. The van der Waals surface area contributed by atoms with Gasteiger partial charge >= 0.3 is 12.2 Å². The first-order valence-corrected chi connectivity index (χ1v) is 13.4. The van der Waals surface area contributed by atoms with E-state index in [0.717, 1.165) is 5.56 Å². The molecule has 0 saturated carbocycles. The van der Waals surface area contributed by atoms with Crippen molar-refractivity contribution in [3.05, 3.63) is 35.9 Å². The molecule has 2 fully saturated rings. The molecule has 0 aliphatic carbocycles. The van der Waals surface area contributed by atoms with E-state index in [4.69, 9.17) is 9.47 Å². The summed E-state index contributed by atoms with van der Waals surface area (Å²) in [7, 11) is 0. The Bertz CT molecular complexity index is 906. The lowest BCUT2D eigenvalue weighted by molar-refractivity contribution is -0.0382. The maximum absolute atomic E-state index is 13.4. The Balaban J connectivity index is 0.000000293. The van der Waals surface area contributed by atoms with Crippen molar-refractivity contribution in [2.75, 3.05) is 32.7 Å². The summed E-state index contributed by atoms with van der Waals surface area (Å²) in [6.45, 7) is 12.4. The zero-order chi connectivity index (χ0) is 29.4. The molecule has 2 atom stereocenters. The fourth-order valence-electron chi connectivity index (χ4n) is 4.30. The summed E-state index contributed by atoms with van der Waals surface area (Å²) in [6.07, 6.45) is -4.78. The molecule has 2 unspecified atom stereocenters. The number of ether oxygens (including phenoxy) is 2. The van der Waals surface area contributed by atoms with Crippen molar-refractivity contribution in [3.63, 3.8) is 0 Å². The molecule has 1 aromatic carbocycles. The molecule has 2 heterocycles. The van der Waals surface area contributed by atoms with Gasteiger partial charge in [-0.2, -0.15) is 0 Å². The molecular weight excluding hydrogens is 518 g/mol. The summed E-state index contributed by atoms with van der Waals surface area (Å²) in [5.74, 6) is -0.707. The van der Waals surface area contributed by atoms with Gasteiger partial charge in [-0.1, -0.05) is 30.3 Å². The van der Waals surface area contributed by atoms with Gasteiger partial charge in [0.1, 0.15) is 11.2 Å². The normalized spacial score (nSPS) is 20.9. The van der Waals surface area contributed by atoms with E-state index in [-0.39, 0.29) is 13.1 Å². The second-order valence-electron chi connectivity index (χ2n) is 11.9. The van der Waals surface area contributed by atoms with Crippen LogP contribution in [0.2, 0.25) is 0 Å². The lowest BCUT2D eigenvalue weighted by Gasteiger charge is -2.41. The van der Waals surface area contributed by atoms with Gasteiger partial charge in [-0.25, -0.2) is 27.2 Å². The SMILES string of the molecule is CC(C)(C)OC(=O)N1CCCC(C(F)F)C1.CC(C)(C)OC(=O)N1CCN(Cc2ccccc2)C(C(F)F)C1. The van der Waals surface area contributed by atoms with Gasteiger partial charge in [0.05, 0.1) is 6.04 Å². The van der Waals surface area contributed by atoms with E-state index in [2.05, 4.69) is 0 Å². The number of halogens is 4. The molecule has 1 aromatic rings. The number of alkyl halides is 4. The highest BCUT2D eigenvalue weighted by molar-refractivity contribution is 5.68. The largest absolute Gasteiger partial charge is 0.444 e. The molecule has 11 heteroatoms. The van der Waals surface area contributed by atoms with Crippen molar-refractivity contribution in [1.29, 1.82) is 0 Å². The van der Waals surface area contributed by atoms with E-state index >= 15 is 0 Å². The van der Waals surface area contributed by atoms with Gasteiger partial charge in [0.25, 0.3) is 6.43 Å². The Morgan fingerprint density at radius 1 is 0.821 bits per heavy atom. The predicted molar refractivity (Wildman–Crippen MR) is 141 cm³/mol. The maximum atomic E-state index is 13.4. The van der Waals surface area contributed by atoms with E-state index in [0.29, 0.717) is 39.0 Å². The molecule has 0 bridgehead atoms. The Morgan fingerprint density at radius 3 is 1.85 bits per heavy atom. The third-order valence-corrected chi connectivity index (χ3v) is 6.17. The van der Waals surface area contributed by atoms with Crippen LogP contribution >= 0.6 is 0 Å². The van der Waals surface area contributed by atoms with Crippen LogP contribution in [0.4, 0.5) is 27.2 Å². The molecule has 2 aliphatic heterocycles. The topological polar surface area (TPSA) is 62.3 Å². The van der Waals surface area contributed by atoms with Crippen molar-refractivity contribution in [3.8, 4) is 0 Å². The highest BCUT2D eigenvalue weighted by Crippen LogP contribution is 2.24. The summed E-state index contributed by atoms with van der Waals surface area (Å²) in [5, 5.41) is 0. The van der Waals surface area contributed by atoms with Crippen LogP contribution in [-0.4, -0.2) is 89.7 Å². The third-order valence-electron chi connectivity index (χ3n) is 6.17. The minimum atomic E-state index is -2.51. The number of carbonyl (C=O) groups is 2. The first-order chi connectivity index (χ1) is 18.1. The molecule has 0 radical (unpaired) electrons. The van der Waals surface area contributed by atoms with Crippen LogP contribution in [-0.2, 0) is 16.0 Å². The quantitative estimate of drug-likeness (QED) is 0.406. The lowest BCUT2D eigenvalue weighted by Crippen LogP contribution is -2.57. The minimum Gasteiger partial charge on any atom is -0.444 e. The molecule has 2 saturated heterocycles. The van der Waals surface area contributed by atoms with Crippen molar-refractivity contribution >= 4 is 12.2 Å². The lowest BCUT2D eigenvalue weighted by atomic mass is 9.99. The molecule has 0 spiro atoms. The summed E-state index contributed by atoms with van der Waals surface area (Å²) < 4.78 is 62.3. The first-order valence-electron chi connectivity index (χ1n) is 13.4. The van der Waals surface area contributed by atoms with Crippen LogP contribution in [0.15, 0.2) is 30.3 Å². The van der Waals surface area contributed by atoms with E-state index in [1.54, 1.807) is 46.4 Å². The van der Waals surface area contributed by atoms with E-state index < -0.39 is 48.2 Å².